The number of ketones is 1. The Hall–Kier alpha value is -1.68. The first-order chi connectivity index (χ1) is 14.3. The van der Waals surface area contributed by atoms with E-state index < -0.39 is 0 Å². The number of aryl methyl sites for hydroxylation is 1. The molecule has 1 heterocycles. The molecule has 3 fully saturated rings. The number of aliphatic hydroxyl groups excluding tert-OH is 1. The van der Waals surface area contributed by atoms with Crippen molar-refractivity contribution in [2.75, 3.05) is 0 Å². The third kappa shape index (κ3) is 2.75. The quantitative estimate of drug-likeness (QED) is 0.547. The average molecular weight is 409 g/mol. The number of fused-ring (bicyclic) bond motifs is 5. The zero-order valence-electron chi connectivity index (χ0n) is 18.9. The van der Waals surface area contributed by atoms with Crippen LogP contribution < -0.4 is 0 Å². The van der Waals surface area contributed by atoms with Gasteiger partial charge in [-0.25, -0.2) is 0 Å². The number of nitrogens with zero attached hydrogens (tertiary/aromatic N) is 2. The van der Waals surface area contributed by atoms with Crippen molar-refractivity contribution in [2.24, 2.45) is 28.6 Å². The van der Waals surface area contributed by atoms with E-state index in [1.807, 2.05) is 10.9 Å². The first-order valence-electron chi connectivity index (χ1n) is 11.9. The zero-order valence-corrected chi connectivity index (χ0v) is 18.9. The monoisotopic (exact) mass is 408 g/mol. The lowest BCUT2D eigenvalue weighted by Crippen LogP contribution is -2.50. The van der Waals surface area contributed by atoms with E-state index in [1.54, 1.807) is 0 Å². The highest BCUT2D eigenvalue weighted by Gasteiger charge is 2.59. The molecular weight excluding hydrogens is 372 g/mol. The minimum atomic E-state index is -0.211. The highest BCUT2D eigenvalue weighted by molar-refractivity contribution is 6.06. The fraction of sp³-hybridized carbons (Fsp3) is 0.692. The smallest absolute Gasteiger partial charge is 0.165 e. The van der Waals surface area contributed by atoms with E-state index in [9.17, 15) is 9.90 Å². The van der Waals surface area contributed by atoms with E-state index in [4.69, 9.17) is 0 Å². The molecule has 0 bridgehead atoms. The lowest BCUT2D eigenvalue weighted by molar-refractivity contribution is -0.130. The molecule has 0 unspecified atom stereocenters. The topological polar surface area (TPSA) is 55.1 Å². The Kier molecular flexibility index (Phi) is 4.66. The predicted octanol–water partition coefficient (Wildman–Crippen LogP) is 5.10. The maximum absolute atomic E-state index is 13.6. The van der Waals surface area contributed by atoms with E-state index in [-0.39, 0.29) is 16.9 Å². The zero-order chi connectivity index (χ0) is 21.3. The molecule has 30 heavy (non-hydrogen) atoms. The molecule has 4 nitrogen and oxygen atoms in total. The second-order valence-electron chi connectivity index (χ2n) is 10.8. The number of carbonyl (C=O) groups is 1. The van der Waals surface area contributed by atoms with E-state index in [1.165, 1.54) is 5.57 Å². The normalized spacial score (nSPS) is 42.0. The second-order valence-corrected chi connectivity index (χ2v) is 10.8. The maximum atomic E-state index is 13.6. The number of rotatable bonds is 2. The van der Waals surface area contributed by atoms with E-state index in [0.717, 1.165) is 68.3 Å². The standard InChI is InChI=1S/C26H36N2O2/c1-5-28-16(2)18(15-27-28)12-17-13-23-21-7-6-19-14-20(29)8-10-25(19,3)22(21)9-11-26(23,4)24(17)30/h6,12,15,20-23,29H,5,7-11,13-14H2,1-4H3/b17-12-/t20-,21-,22+,23+,25-,26-/m0/s1. The van der Waals surface area contributed by atoms with Gasteiger partial charge in [-0.2, -0.15) is 5.10 Å². The first kappa shape index (κ1) is 20.2. The Balaban J connectivity index is 1.48. The van der Waals surface area contributed by atoms with Gasteiger partial charge < -0.3 is 5.11 Å². The van der Waals surface area contributed by atoms with Crippen molar-refractivity contribution in [1.82, 2.24) is 9.78 Å². The van der Waals surface area contributed by atoms with Crippen LogP contribution in [-0.4, -0.2) is 26.8 Å². The molecule has 1 N–H and O–H groups in total. The van der Waals surface area contributed by atoms with E-state index in [2.05, 4.69) is 44.9 Å². The van der Waals surface area contributed by atoms with Crippen molar-refractivity contribution in [3.63, 3.8) is 0 Å². The summed E-state index contributed by atoms with van der Waals surface area (Å²) in [6, 6.07) is 0. The Morgan fingerprint density at radius 1 is 1.20 bits per heavy atom. The molecule has 0 radical (unpaired) electrons. The van der Waals surface area contributed by atoms with Crippen molar-refractivity contribution in [1.29, 1.82) is 0 Å². The van der Waals surface area contributed by atoms with Crippen LogP contribution >= 0.6 is 0 Å². The summed E-state index contributed by atoms with van der Waals surface area (Å²) in [5, 5.41) is 14.7. The molecule has 5 rings (SSSR count). The Bertz CT molecular complexity index is 941. The molecule has 0 amide bonds. The molecule has 4 aliphatic carbocycles. The number of aliphatic hydroxyl groups is 1. The Labute approximate surface area is 180 Å². The molecule has 3 saturated carbocycles. The second kappa shape index (κ2) is 6.91. The fourth-order valence-electron chi connectivity index (χ4n) is 7.55. The molecule has 4 heteroatoms. The molecule has 0 saturated heterocycles. The van der Waals surface area contributed by atoms with Crippen LogP contribution in [0.25, 0.3) is 6.08 Å². The molecule has 6 atom stereocenters. The molecular formula is C26H36N2O2. The number of hydrogen-bond acceptors (Lipinski definition) is 3. The Morgan fingerprint density at radius 2 is 1.97 bits per heavy atom. The summed E-state index contributed by atoms with van der Waals surface area (Å²) in [5.41, 5.74) is 4.76. The van der Waals surface area contributed by atoms with Crippen LogP contribution in [0.4, 0.5) is 0 Å². The van der Waals surface area contributed by atoms with Gasteiger partial charge in [0, 0.05) is 23.2 Å². The van der Waals surface area contributed by atoms with Crippen molar-refractivity contribution in [2.45, 2.75) is 85.3 Å². The van der Waals surface area contributed by atoms with Crippen LogP contribution in [0, 0.1) is 35.5 Å². The number of carbonyl (C=O) groups excluding carboxylic acids is 1. The van der Waals surface area contributed by atoms with Crippen molar-refractivity contribution >= 4 is 11.9 Å². The Morgan fingerprint density at radius 3 is 2.70 bits per heavy atom. The van der Waals surface area contributed by atoms with Crippen LogP contribution in [0.2, 0.25) is 0 Å². The molecule has 0 aliphatic heterocycles. The number of allylic oxidation sites excluding steroid dienone is 2. The summed E-state index contributed by atoms with van der Waals surface area (Å²) in [4.78, 5) is 13.6. The molecule has 1 aromatic rings. The number of Topliss-reactive ketones (excluding diaryl/α,β-unsaturated/α-hetero) is 1. The van der Waals surface area contributed by atoms with Gasteiger partial charge in [0.25, 0.3) is 0 Å². The number of hydrogen-bond donors (Lipinski definition) is 1. The van der Waals surface area contributed by atoms with E-state index in [0.29, 0.717) is 23.5 Å². The van der Waals surface area contributed by atoms with Gasteiger partial charge in [-0.1, -0.05) is 25.5 Å². The van der Waals surface area contributed by atoms with Gasteiger partial charge in [0.2, 0.25) is 0 Å². The van der Waals surface area contributed by atoms with Crippen molar-refractivity contribution in [3.8, 4) is 0 Å². The van der Waals surface area contributed by atoms with Crippen LogP contribution in [0.15, 0.2) is 23.4 Å². The fourth-order valence-corrected chi connectivity index (χ4v) is 7.55. The van der Waals surface area contributed by atoms with Crippen LogP contribution in [0.1, 0.15) is 77.0 Å². The minimum absolute atomic E-state index is 0.162. The maximum Gasteiger partial charge on any atom is 0.165 e. The van der Waals surface area contributed by atoms with Crippen LogP contribution in [-0.2, 0) is 11.3 Å². The molecule has 1 aromatic heterocycles. The van der Waals surface area contributed by atoms with Gasteiger partial charge in [0.1, 0.15) is 0 Å². The molecule has 162 valence electrons. The highest BCUT2D eigenvalue weighted by Crippen LogP contribution is 2.64. The third-order valence-electron chi connectivity index (χ3n) is 9.49. The van der Waals surface area contributed by atoms with Gasteiger partial charge >= 0.3 is 0 Å². The number of aromatic nitrogens is 2. The van der Waals surface area contributed by atoms with Crippen molar-refractivity contribution in [3.05, 3.63) is 34.7 Å². The van der Waals surface area contributed by atoms with Gasteiger partial charge in [-0.05, 0) is 93.6 Å². The first-order valence-corrected chi connectivity index (χ1v) is 11.9. The van der Waals surface area contributed by atoms with E-state index >= 15 is 0 Å². The summed E-state index contributed by atoms with van der Waals surface area (Å²) in [7, 11) is 0. The van der Waals surface area contributed by atoms with Crippen molar-refractivity contribution < 1.29 is 9.90 Å². The van der Waals surface area contributed by atoms with Gasteiger partial charge in [-0.15, -0.1) is 0 Å². The summed E-state index contributed by atoms with van der Waals surface area (Å²) < 4.78 is 2.00. The third-order valence-corrected chi connectivity index (χ3v) is 9.49. The molecule has 0 spiro atoms. The van der Waals surface area contributed by atoms with Crippen LogP contribution in [0.3, 0.4) is 0 Å². The minimum Gasteiger partial charge on any atom is -0.393 e. The lowest BCUT2D eigenvalue weighted by Gasteiger charge is -2.56. The lowest BCUT2D eigenvalue weighted by atomic mass is 9.48. The van der Waals surface area contributed by atoms with Gasteiger partial charge in [0.05, 0.1) is 12.3 Å². The molecule has 0 aromatic carbocycles. The largest absolute Gasteiger partial charge is 0.393 e. The average Bonchev–Trinajstić information content (AvgIpc) is 3.20. The SMILES string of the molecule is CCn1ncc(/C=C2/C[C@@H]3[C@H]4CC=C5C[C@@H](O)CC[C@]5(C)[C@@H]4CC[C@]3(C)C2=O)c1C. The predicted molar refractivity (Wildman–Crippen MR) is 119 cm³/mol. The van der Waals surface area contributed by atoms with Gasteiger partial charge in [-0.3, -0.25) is 9.48 Å². The molecule has 4 aliphatic rings. The summed E-state index contributed by atoms with van der Waals surface area (Å²) in [6.45, 7) is 9.74. The highest BCUT2D eigenvalue weighted by atomic mass is 16.3. The summed E-state index contributed by atoms with van der Waals surface area (Å²) in [6.07, 6.45) is 13.3. The van der Waals surface area contributed by atoms with Crippen LogP contribution in [0.5, 0.6) is 0 Å². The summed E-state index contributed by atoms with van der Waals surface area (Å²) >= 11 is 0. The van der Waals surface area contributed by atoms with Gasteiger partial charge in [0.15, 0.2) is 5.78 Å². The summed E-state index contributed by atoms with van der Waals surface area (Å²) in [5.74, 6) is 2.06.